The lowest BCUT2D eigenvalue weighted by molar-refractivity contribution is 0.353. The molecule has 4 heteroatoms. The van der Waals surface area contributed by atoms with E-state index in [-0.39, 0.29) is 5.75 Å². The van der Waals surface area contributed by atoms with Crippen LogP contribution in [0, 0.1) is 0 Å². The summed E-state index contributed by atoms with van der Waals surface area (Å²) in [5.41, 5.74) is 0.849. The highest BCUT2D eigenvalue weighted by Crippen LogP contribution is 2.23. The zero-order valence-electron chi connectivity index (χ0n) is 10.1. The maximum absolute atomic E-state index is 9.20. The van der Waals surface area contributed by atoms with Gasteiger partial charge in [0.15, 0.2) is 0 Å². The first-order valence-corrected chi connectivity index (χ1v) is 5.83. The van der Waals surface area contributed by atoms with Crippen molar-refractivity contribution < 1.29 is 9.63 Å². The van der Waals surface area contributed by atoms with E-state index in [2.05, 4.69) is 24.0 Å². The molecule has 0 saturated carbocycles. The van der Waals surface area contributed by atoms with Gasteiger partial charge in [-0.3, -0.25) is 0 Å². The van der Waals surface area contributed by atoms with Crippen LogP contribution in [0.4, 0.5) is 0 Å². The predicted molar refractivity (Wildman–Crippen MR) is 64.7 cm³/mol. The largest absolute Gasteiger partial charge is 0.508 e. The molecule has 1 atom stereocenters. The molecular weight excluding hydrogens is 216 g/mol. The summed E-state index contributed by atoms with van der Waals surface area (Å²) < 4.78 is 5.24. The highest BCUT2D eigenvalue weighted by Gasteiger charge is 2.14. The minimum absolute atomic E-state index is 0.233. The number of hydrogen-bond acceptors (Lipinski definition) is 4. The molecule has 1 heterocycles. The van der Waals surface area contributed by atoms with Crippen LogP contribution in [0.3, 0.4) is 0 Å². The van der Waals surface area contributed by atoms with Crippen LogP contribution in [0.2, 0.25) is 0 Å². The van der Waals surface area contributed by atoms with Crippen molar-refractivity contribution in [2.45, 2.75) is 32.6 Å². The van der Waals surface area contributed by atoms with E-state index >= 15 is 0 Å². The van der Waals surface area contributed by atoms with Crippen LogP contribution in [-0.4, -0.2) is 15.2 Å². The molecule has 0 fully saturated rings. The van der Waals surface area contributed by atoms with E-state index in [0.29, 0.717) is 17.6 Å². The summed E-state index contributed by atoms with van der Waals surface area (Å²) >= 11 is 0. The number of nitrogens with zero attached hydrogens (tertiary/aromatic N) is 2. The number of aromatic hydroxyl groups is 1. The molecule has 1 unspecified atom stereocenters. The molecule has 4 nitrogen and oxygen atoms in total. The van der Waals surface area contributed by atoms with E-state index in [0.717, 1.165) is 18.4 Å². The number of aromatic nitrogens is 2. The van der Waals surface area contributed by atoms with E-state index in [4.69, 9.17) is 4.52 Å². The van der Waals surface area contributed by atoms with Gasteiger partial charge >= 0.3 is 0 Å². The molecule has 0 saturated heterocycles. The number of rotatable bonds is 4. The van der Waals surface area contributed by atoms with Crippen molar-refractivity contribution in [2.75, 3.05) is 0 Å². The Morgan fingerprint density at radius 1 is 1.29 bits per heavy atom. The van der Waals surface area contributed by atoms with Crippen LogP contribution in [0.1, 0.15) is 38.5 Å². The predicted octanol–water partition coefficient (Wildman–Crippen LogP) is 3.35. The van der Waals surface area contributed by atoms with Gasteiger partial charge in [-0.2, -0.15) is 4.98 Å². The fourth-order valence-electron chi connectivity index (χ4n) is 1.72. The highest BCUT2D eigenvalue weighted by molar-refractivity contribution is 5.55. The molecule has 1 aromatic carbocycles. The second-order valence-electron chi connectivity index (χ2n) is 4.19. The summed E-state index contributed by atoms with van der Waals surface area (Å²) in [7, 11) is 0. The summed E-state index contributed by atoms with van der Waals surface area (Å²) in [6, 6.07) is 6.77. The van der Waals surface area contributed by atoms with Crippen molar-refractivity contribution in [2.24, 2.45) is 0 Å². The van der Waals surface area contributed by atoms with Gasteiger partial charge in [0, 0.05) is 11.5 Å². The first-order valence-electron chi connectivity index (χ1n) is 5.83. The molecule has 2 aromatic rings. The third kappa shape index (κ3) is 2.64. The Bertz CT molecular complexity index is 476. The van der Waals surface area contributed by atoms with Crippen LogP contribution in [0.25, 0.3) is 11.4 Å². The van der Waals surface area contributed by atoms with Gasteiger partial charge in [-0.1, -0.05) is 25.4 Å². The quantitative estimate of drug-likeness (QED) is 0.878. The second-order valence-corrected chi connectivity index (χ2v) is 4.19. The van der Waals surface area contributed by atoms with E-state index in [1.165, 1.54) is 0 Å². The zero-order chi connectivity index (χ0) is 12.3. The Labute approximate surface area is 100 Å². The highest BCUT2D eigenvalue weighted by atomic mass is 16.5. The van der Waals surface area contributed by atoms with Crippen LogP contribution in [-0.2, 0) is 0 Å². The van der Waals surface area contributed by atoms with Gasteiger partial charge in [-0.05, 0) is 30.7 Å². The van der Waals surface area contributed by atoms with Crippen molar-refractivity contribution in [1.82, 2.24) is 10.1 Å². The lowest BCUT2D eigenvalue weighted by atomic mass is 10.1. The minimum Gasteiger partial charge on any atom is -0.508 e. The Hall–Kier alpha value is -1.84. The molecule has 0 bridgehead atoms. The van der Waals surface area contributed by atoms with Gasteiger partial charge < -0.3 is 9.63 Å². The maximum Gasteiger partial charge on any atom is 0.229 e. The molecule has 0 aliphatic carbocycles. The third-order valence-corrected chi connectivity index (χ3v) is 2.71. The molecule has 0 radical (unpaired) electrons. The fourth-order valence-corrected chi connectivity index (χ4v) is 1.72. The lowest BCUT2D eigenvalue weighted by Gasteiger charge is -2.01. The first kappa shape index (κ1) is 11.6. The van der Waals surface area contributed by atoms with E-state index in [1.807, 2.05) is 0 Å². The molecule has 17 heavy (non-hydrogen) atoms. The summed E-state index contributed by atoms with van der Waals surface area (Å²) in [6.45, 7) is 4.21. The van der Waals surface area contributed by atoms with E-state index in [9.17, 15) is 5.11 Å². The summed E-state index contributed by atoms with van der Waals surface area (Å²) in [5.74, 6) is 1.77. The Morgan fingerprint density at radius 2 is 2.00 bits per heavy atom. The Morgan fingerprint density at radius 3 is 2.65 bits per heavy atom. The average Bonchev–Trinajstić information content (AvgIpc) is 2.80. The van der Waals surface area contributed by atoms with Gasteiger partial charge in [-0.15, -0.1) is 0 Å². The molecule has 90 valence electrons. The number of phenols is 1. The standard InChI is InChI=1S/C13H16N2O2/c1-3-4-9(2)13-14-12(15-17-13)10-5-7-11(16)8-6-10/h5-9,16H,3-4H2,1-2H3. The van der Waals surface area contributed by atoms with Crippen molar-refractivity contribution >= 4 is 0 Å². The number of phenolic OH excluding ortho intramolecular Hbond substituents is 1. The Kier molecular flexibility index (Phi) is 3.42. The summed E-state index contributed by atoms with van der Waals surface area (Å²) in [6.07, 6.45) is 2.13. The fraction of sp³-hybridized carbons (Fsp3) is 0.385. The van der Waals surface area contributed by atoms with Crippen LogP contribution in [0.15, 0.2) is 28.8 Å². The van der Waals surface area contributed by atoms with Gasteiger partial charge in [0.05, 0.1) is 0 Å². The van der Waals surface area contributed by atoms with Crippen LogP contribution >= 0.6 is 0 Å². The molecule has 0 spiro atoms. The SMILES string of the molecule is CCCC(C)c1nc(-c2ccc(O)cc2)no1. The molecule has 0 amide bonds. The molecule has 2 rings (SSSR count). The normalized spacial score (nSPS) is 12.6. The number of benzene rings is 1. The lowest BCUT2D eigenvalue weighted by Crippen LogP contribution is -1.92. The van der Waals surface area contributed by atoms with Crippen molar-refractivity contribution in [1.29, 1.82) is 0 Å². The topological polar surface area (TPSA) is 59.2 Å². The second kappa shape index (κ2) is 4.99. The van der Waals surface area contributed by atoms with Crippen molar-refractivity contribution in [3.8, 4) is 17.1 Å². The monoisotopic (exact) mass is 232 g/mol. The van der Waals surface area contributed by atoms with E-state index < -0.39 is 0 Å². The Balaban J connectivity index is 2.20. The third-order valence-electron chi connectivity index (χ3n) is 2.71. The molecule has 0 aliphatic rings. The van der Waals surface area contributed by atoms with Gasteiger partial charge in [0.1, 0.15) is 5.75 Å². The number of hydrogen-bond donors (Lipinski definition) is 1. The molecule has 1 N–H and O–H groups in total. The summed E-state index contributed by atoms with van der Waals surface area (Å²) in [4.78, 5) is 4.37. The molecular formula is C13H16N2O2. The van der Waals surface area contributed by atoms with Crippen molar-refractivity contribution in [3.05, 3.63) is 30.2 Å². The van der Waals surface area contributed by atoms with Crippen molar-refractivity contribution in [3.63, 3.8) is 0 Å². The van der Waals surface area contributed by atoms with E-state index in [1.54, 1.807) is 24.3 Å². The zero-order valence-corrected chi connectivity index (χ0v) is 10.1. The maximum atomic E-state index is 9.20. The summed E-state index contributed by atoms with van der Waals surface area (Å²) in [5, 5.41) is 13.2. The first-order chi connectivity index (χ1) is 8.20. The van der Waals surface area contributed by atoms with Gasteiger partial charge in [0.2, 0.25) is 11.7 Å². The van der Waals surface area contributed by atoms with Gasteiger partial charge in [0.25, 0.3) is 0 Å². The molecule has 1 aromatic heterocycles. The van der Waals surface area contributed by atoms with Crippen LogP contribution < -0.4 is 0 Å². The smallest absolute Gasteiger partial charge is 0.229 e. The minimum atomic E-state index is 0.233. The van der Waals surface area contributed by atoms with Crippen LogP contribution in [0.5, 0.6) is 5.75 Å². The average molecular weight is 232 g/mol. The molecule has 0 aliphatic heterocycles. The van der Waals surface area contributed by atoms with Gasteiger partial charge in [-0.25, -0.2) is 0 Å².